The Balaban J connectivity index is 2.12. The van der Waals surface area contributed by atoms with Crippen LogP contribution in [0.25, 0.3) is 0 Å². The molecule has 1 aliphatic heterocycles. The van der Waals surface area contributed by atoms with Gasteiger partial charge in [0, 0.05) is 19.3 Å². The molecule has 0 aromatic carbocycles. The molecule has 1 saturated heterocycles. The summed E-state index contributed by atoms with van der Waals surface area (Å²) >= 11 is 0. The fourth-order valence-corrected chi connectivity index (χ4v) is 2.04. The highest BCUT2D eigenvalue weighted by Crippen LogP contribution is 2.18. The van der Waals surface area contributed by atoms with Crippen LogP contribution in [0, 0.1) is 5.92 Å². The van der Waals surface area contributed by atoms with Crippen molar-refractivity contribution in [1.82, 2.24) is 14.9 Å². The lowest BCUT2D eigenvalue weighted by Gasteiger charge is -2.15. The fraction of sp³-hybridized carbons (Fsp3) is 0.545. The standard InChI is InChI=1S/C11H15N3O2/c1-8-2-3-14(5-8)6-10-9(11(15)16)4-12-7-13-10/h4,7-8H,2-3,5-6H2,1H3,(H,15,16). The second-order valence-electron chi connectivity index (χ2n) is 4.32. The van der Waals surface area contributed by atoms with Crippen LogP contribution in [0.15, 0.2) is 12.5 Å². The second-order valence-corrected chi connectivity index (χ2v) is 4.32. The molecule has 1 aromatic heterocycles. The van der Waals surface area contributed by atoms with Crippen molar-refractivity contribution in [2.45, 2.75) is 19.9 Å². The molecule has 16 heavy (non-hydrogen) atoms. The Hall–Kier alpha value is -1.49. The van der Waals surface area contributed by atoms with E-state index in [4.69, 9.17) is 5.11 Å². The van der Waals surface area contributed by atoms with Crippen molar-refractivity contribution in [2.24, 2.45) is 5.92 Å². The highest BCUT2D eigenvalue weighted by Gasteiger charge is 2.21. The molecular formula is C11H15N3O2. The third-order valence-electron chi connectivity index (χ3n) is 2.91. The van der Waals surface area contributed by atoms with Crippen molar-refractivity contribution in [3.63, 3.8) is 0 Å². The first-order valence-electron chi connectivity index (χ1n) is 5.41. The van der Waals surface area contributed by atoms with Crippen LogP contribution in [0.4, 0.5) is 0 Å². The van der Waals surface area contributed by atoms with E-state index in [1.54, 1.807) is 0 Å². The minimum absolute atomic E-state index is 0.210. The van der Waals surface area contributed by atoms with Crippen molar-refractivity contribution >= 4 is 5.97 Å². The van der Waals surface area contributed by atoms with E-state index in [9.17, 15) is 4.79 Å². The predicted molar refractivity (Wildman–Crippen MR) is 58.0 cm³/mol. The van der Waals surface area contributed by atoms with E-state index in [-0.39, 0.29) is 5.56 Å². The molecule has 0 aliphatic carbocycles. The van der Waals surface area contributed by atoms with Crippen LogP contribution in [0.5, 0.6) is 0 Å². The molecule has 1 aromatic rings. The predicted octanol–water partition coefficient (Wildman–Crippen LogP) is 1.02. The van der Waals surface area contributed by atoms with E-state index in [0.29, 0.717) is 18.2 Å². The van der Waals surface area contributed by atoms with Gasteiger partial charge in [-0.15, -0.1) is 0 Å². The van der Waals surface area contributed by atoms with Gasteiger partial charge in [-0.3, -0.25) is 4.90 Å². The molecule has 0 spiro atoms. The van der Waals surface area contributed by atoms with Gasteiger partial charge in [-0.1, -0.05) is 6.92 Å². The van der Waals surface area contributed by atoms with Crippen molar-refractivity contribution in [2.75, 3.05) is 13.1 Å². The van der Waals surface area contributed by atoms with Gasteiger partial charge in [0.1, 0.15) is 11.9 Å². The van der Waals surface area contributed by atoms with E-state index < -0.39 is 5.97 Å². The Bertz CT molecular complexity index is 395. The summed E-state index contributed by atoms with van der Waals surface area (Å²) in [4.78, 5) is 21.0. The number of likely N-dealkylation sites (tertiary alicyclic amines) is 1. The maximum atomic E-state index is 11.0. The van der Waals surface area contributed by atoms with E-state index in [0.717, 1.165) is 13.1 Å². The number of carboxylic acids is 1. The highest BCUT2D eigenvalue weighted by molar-refractivity contribution is 5.88. The quantitative estimate of drug-likeness (QED) is 0.825. The van der Waals surface area contributed by atoms with Gasteiger partial charge in [0.25, 0.3) is 0 Å². The minimum Gasteiger partial charge on any atom is -0.478 e. The average Bonchev–Trinajstić information content (AvgIpc) is 2.64. The van der Waals surface area contributed by atoms with Gasteiger partial charge in [0.15, 0.2) is 0 Å². The fourth-order valence-electron chi connectivity index (χ4n) is 2.04. The van der Waals surface area contributed by atoms with Crippen LogP contribution in [-0.4, -0.2) is 39.0 Å². The molecule has 2 heterocycles. The molecule has 0 bridgehead atoms. The van der Waals surface area contributed by atoms with Crippen LogP contribution in [0.3, 0.4) is 0 Å². The summed E-state index contributed by atoms with van der Waals surface area (Å²) in [5.74, 6) is -0.266. The minimum atomic E-state index is -0.956. The first-order valence-corrected chi connectivity index (χ1v) is 5.41. The van der Waals surface area contributed by atoms with Crippen LogP contribution < -0.4 is 0 Å². The normalized spacial score (nSPS) is 21.2. The number of aromatic carboxylic acids is 1. The molecule has 1 fully saturated rings. The van der Waals surface area contributed by atoms with E-state index >= 15 is 0 Å². The summed E-state index contributed by atoms with van der Waals surface area (Å²) < 4.78 is 0. The maximum Gasteiger partial charge on any atom is 0.339 e. The van der Waals surface area contributed by atoms with Crippen molar-refractivity contribution in [3.8, 4) is 0 Å². The molecule has 5 nitrogen and oxygen atoms in total. The Morgan fingerprint density at radius 3 is 3.12 bits per heavy atom. The third kappa shape index (κ3) is 2.36. The highest BCUT2D eigenvalue weighted by atomic mass is 16.4. The molecule has 0 amide bonds. The molecule has 1 unspecified atom stereocenters. The Morgan fingerprint density at radius 2 is 2.50 bits per heavy atom. The third-order valence-corrected chi connectivity index (χ3v) is 2.91. The molecule has 0 radical (unpaired) electrons. The Labute approximate surface area is 94.1 Å². The van der Waals surface area contributed by atoms with Crippen LogP contribution >= 0.6 is 0 Å². The monoisotopic (exact) mass is 221 g/mol. The molecular weight excluding hydrogens is 206 g/mol. The molecule has 5 heteroatoms. The summed E-state index contributed by atoms with van der Waals surface area (Å²) in [5, 5.41) is 8.99. The van der Waals surface area contributed by atoms with Gasteiger partial charge in [0.2, 0.25) is 0 Å². The topological polar surface area (TPSA) is 66.3 Å². The largest absolute Gasteiger partial charge is 0.478 e. The first kappa shape index (κ1) is 11.0. The van der Waals surface area contributed by atoms with Crippen LogP contribution in [-0.2, 0) is 6.54 Å². The molecule has 1 aliphatic rings. The zero-order chi connectivity index (χ0) is 11.5. The number of aromatic nitrogens is 2. The van der Waals surface area contributed by atoms with Gasteiger partial charge in [0.05, 0.1) is 5.69 Å². The lowest BCUT2D eigenvalue weighted by molar-refractivity contribution is 0.0693. The van der Waals surface area contributed by atoms with E-state index in [1.807, 2.05) is 0 Å². The number of carbonyl (C=O) groups is 1. The smallest absolute Gasteiger partial charge is 0.339 e. The van der Waals surface area contributed by atoms with E-state index in [1.165, 1.54) is 18.9 Å². The number of rotatable bonds is 3. The summed E-state index contributed by atoms with van der Waals surface area (Å²) in [6.45, 7) is 4.85. The number of nitrogens with zero attached hydrogens (tertiary/aromatic N) is 3. The number of carboxylic acid groups (broad SMARTS) is 1. The van der Waals surface area contributed by atoms with Crippen LogP contribution in [0.1, 0.15) is 29.4 Å². The van der Waals surface area contributed by atoms with Crippen molar-refractivity contribution < 1.29 is 9.90 Å². The summed E-state index contributed by atoms with van der Waals surface area (Å²) in [6, 6.07) is 0. The number of hydrogen-bond donors (Lipinski definition) is 1. The summed E-state index contributed by atoms with van der Waals surface area (Å²) in [7, 11) is 0. The van der Waals surface area contributed by atoms with Gasteiger partial charge >= 0.3 is 5.97 Å². The van der Waals surface area contributed by atoms with Gasteiger partial charge in [-0.2, -0.15) is 0 Å². The second kappa shape index (κ2) is 4.57. The van der Waals surface area contributed by atoms with Crippen molar-refractivity contribution in [1.29, 1.82) is 0 Å². The molecule has 0 saturated carbocycles. The molecule has 2 rings (SSSR count). The lowest BCUT2D eigenvalue weighted by Crippen LogP contribution is -2.22. The van der Waals surface area contributed by atoms with Crippen molar-refractivity contribution in [3.05, 3.63) is 23.8 Å². The first-order chi connectivity index (χ1) is 7.66. The zero-order valence-electron chi connectivity index (χ0n) is 9.26. The lowest BCUT2D eigenvalue weighted by atomic mass is 10.2. The Kier molecular flexibility index (Phi) is 3.14. The van der Waals surface area contributed by atoms with E-state index in [2.05, 4.69) is 21.8 Å². The SMILES string of the molecule is CC1CCN(Cc2ncncc2C(=O)O)C1. The van der Waals surface area contributed by atoms with Gasteiger partial charge < -0.3 is 5.11 Å². The number of hydrogen-bond acceptors (Lipinski definition) is 4. The summed E-state index contributed by atoms with van der Waals surface area (Å²) in [6.07, 6.45) is 3.94. The van der Waals surface area contributed by atoms with Crippen LogP contribution in [0.2, 0.25) is 0 Å². The zero-order valence-corrected chi connectivity index (χ0v) is 9.26. The van der Waals surface area contributed by atoms with Gasteiger partial charge in [-0.05, 0) is 18.9 Å². The molecule has 86 valence electrons. The maximum absolute atomic E-state index is 11.0. The summed E-state index contributed by atoms with van der Waals surface area (Å²) in [5.41, 5.74) is 0.818. The molecule has 1 N–H and O–H groups in total. The van der Waals surface area contributed by atoms with Gasteiger partial charge in [-0.25, -0.2) is 14.8 Å². The Morgan fingerprint density at radius 1 is 1.69 bits per heavy atom. The molecule has 1 atom stereocenters. The average molecular weight is 221 g/mol.